The minimum Gasteiger partial charge on any atom is -0.481 e. The number of carbonyl (C=O) groups is 3. The van der Waals surface area contributed by atoms with Gasteiger partial charge in [0.15, 0.2) is 0 Å². The van der Waals surface area contributed by atoms with E-state index in [-0.39, 0.29) is 0 Å². The van der Waals surface area contributed by atoms with Crippen LogP contribution in [0.15, 0.2) is 0 Å². The molecule has 7 heteroatoms. The number of carbonyl (C=O) groups excluding carboxylic acids is 1. The average Bonchev–Trinajstić information content (AvgIpc) is 1.82. The van der Waals surface area contributed by atoms with E-state index in [1.165, 1.54) is 0 Å². The zero-order valence-electron chi connectivity index (χ0n) is 6.68. The van der Waals surface area contributed by atoms with E-state index in [2.05, 4.69) is 4.74 Å². The summed E-state index contributed by atoms with van der Waals surface area (Å²) in [6.45, 7) is 0.857. The van der Waals surface area contributed by atoms with Gasteiger partial charge in [-0.3, -0.25) is 9.59 Å². The van der Waals surface area contributed by atoms with Crippen LogP contribution in [0.25, 0.3) is 0 Å². The van der Waals surface area contributed by atoms with Gasteiger partial charge in [0.1, 0.15) is 6.42 Å². The molecule has 74 valence electrons. The number of carboxylic acid groups (broad SMARTS) is 2. The first-order chi connectivity index (χ1) is 5.78. The minimum atomic E-state index is -2.99. The van der Waals surface area contributed by atoms with Crippen LogP contribution in [0.4, 0.5) is 0 Å². The Morgan fingerprint density at radius 3 is 2.00 bits per heavy atom. The first kappa shape index (κ1) is 11.4. The Morgan fingerprint density at radius 2 is 1.77 bits per heavy atom. The number of hydrogen-bond acceptors (Lipinski definition) is 5. The highest BCUT2D eigenvalue weighted by Gasteiger charge is 2.42. The molecule has 0 amide bonds. The van der Waals surface area contributed by atoms with E-state index >= 15 is 0 Å². The highest BCUT2D eigenvalue weighted by Crippen LogP contribution is 2.12. The van der Waals surface area contributed by atoms with Crippen LogP contribution in [0.5, 0.6) is 0 Å². The molecule has 3 N–H and O–H groups in total. The van der Waals surface area contributed by atoms with Gasteiger partial charge in [-0.15, -0.1) is 0 Å². The van der Waals surface area contributed by atoms with E-state index in [9.17, 15) is 14.4 Å². The molecule has 0 aliphatic rings. The summed E-state index contributed by atoms with van der Waals surface area (Å²) < 4.78 is 3.95. The molecule has 0 aliphatic heterocycles. The van der Waals surface area contributed by atoms with Gasteiger partial charge in [0.25, 0.3) is 0 Å². The number of aliphatic carboxylic acids is 2. The predicted octanol–water partition coefficient (Wildman–Crippen LogP) is -1.20. The Morgan fingerprint density at radius 1 is 1.31 bits per heavy atom. The van der Waals surface area contributed by atoms with Crippen LogP contribution in [0, 0.1) is 0 Å². The first-order valence-electron chi connectivity index (χ1n) is 3.15. The van der Waals surface area contributed by atoms with Crippen molar-refractivity contribution >= 4 is 17.9 Å². The Hall–Kier alpha value is -1.63. The van der Waals surface area contributed by atoms with Gasteiger partial charge in [0.2, 0.25) is 0 Å². The van der Waals surface area contributed by atoms with Gasteiger partial charge in [0.05, 0.1) is 0 Å². The molecule has 0 fully saturated rings. The summed E-state index contributed by atoms with van der Waals surface area (Å²) >= 11 is 0. The normalized spacial score (nSPS) is 14.3. The molecule has 7 nitrogen and oxygen atoms in total. The maximum Gasteiger partial charge on any atom is 0.377 e. The number of hydrogen-bond donors (Lipinski definition) is 3. The molecule has 1 unspecified atom stereocenters. The molecular formula is C6H8O7. The maximum absolute atomic E-state index is 10.3. The van der Waals surface area contributed by atoms with E-state index in [0.717, 1.165) is 6.92 Å². The number of esters is 1. The van der Waals surface area contributed by atoms with Crippen molar-refractivity contribution in [1.82, 2.24) is 0 Å². The van der Waals surface area contributed by atoms with Crippen molar-refractivity contribution in [2.24, 2.45) is 0 Å². The van der Waals surface area contributed by atoms with Crippen molar-refractivity contribution in [3.8, 4) is 0 Å². The molecule has 0 spiro atoms. The SMILES string of the molecule is CC(=O)OC(O)(CC(=O)O)C(=O)O. The van der Waals surface area contributed by atoms with Crippen molar-refractivity contribution in [2.45, 2.75) is 19.1 Å². The van der Waals surface area contributed by atoms with Gasteiger partial charge in [-0.1, -0.05) is 0 Å². The van der Waals surface area contributed by atoms with Crippen molar-refractivity contribution < 1.29 is 34.4 Å². The van der Waals surface area contributed by atoms with Crippen LogP contribution in [0.3, 0.4) is 0 Å². The highest BCUT2D eigenvalue weighted by atomic mass is 16.7. The van der Waals surface area contributed by atoms with Crippen LogP contribution in [-0.2, 0) is 19.1 Å². The van der Waals surface area contributed by atoms with Crippen LogP contribution in [0.1, 0.15) is 13.3 Å². The second kappa shape index (κ2) is 3.85. The maximum atomic E-state index is 10.3. The lowest BCUT2D eigenvalue weighted by atomic mass is 10.2. The van der Waals surface area contributed by atoms with Gasteiger partial charge in [-0.25, -0.2) is 4.79 Å². The van der Waals surface area contributed by atoms with Crippen LogP contribution in [0.2, 0.25) is 0 Å². The summed E-state index contributed by atoms with van der Waals surface area (Å²) in [5.41, 5.74) is 0. The molecule has 0 aromatic rings. The zero-order valence-corrected chi connectivity index (χ0v) is 6.68. The topological polar surface area (TPSA) is 121 Å². The van der Waals surface area contributed by atoms with Gasteiger partial charge in [-0.05, 0) is 0 Å². The highest BCUT2D eigenvalue weighted by molar-refractivity contribution is 5.84. The summed E-state index contributed by atoms with van der Waals surface area (Å²) in [5, 5.41) is 25.5. The Bertz CT molecular complexity index is 227. The number of carboxylic acids is 2. The molecule has 0 aromatic carbocycles. The monoisotopic (exact) mass is 192 g/mol. The van der Waals surface area contributed by atoms with Gasteiger partial charge in [0, 0.05) is 6.92 Å². The summed E-state index contributed by atoms with van der Waals surface area (Å²) in [4.78, 5) is 30.7. The summed E-state index contributed by atoms with van der Waals surface area (Å²) in [6.07, 6.45) is -1.21. The Kier molecular flexibility index (Phi) is 3.37. The third-order valence-electron chi connectivity index (χ3n) is 1.04. The fraction of sp³-hybridized carbons (Fsp3) is 0.500. The molecule has 13 heavy (non-hydrogen) atoms. The molecule has 0 bridgehead atoms. The van der Waals surface area contributed by atoms with Crippen molar-refractivity contribution in [2.75, 3.05) is 0 Å². The Balaban J connectivity index is 4.62. The third-order valence-corrected chi connectivity index (χ3v) is 1.04. The van der Waals surface area contributed by atoms with Gasteiger partial charge >= 0.3 is 23.7 Å². The molecule has 0 heterocycles. The fourth-order valence-electron chi connectivity index (χ4n) is 0.598. The van der Waals surface area contributed by atoms with Crippen LogP contribution < -0.4 is 0 Å². The molecule has 0 radical (unpaired) electrons. The lowest BCUT2D eigenvalue weighted by Gasteiger charge is -2.20. The average molecular weight is 192 g/mol. The van der Waals surface area contributed by atoms with Gasteiger partial charge < -0.3 is 20.1 Å². The lowest BCUT2D eigenvalue weighted by molar-refractivity contribution is -0.225. The van der Waals surface area contributed by atoms with E-state index in [1.807, 2.05) is 0 Å². The Labute approximate surface area is 72.5 Å². The second-order valence-corrected chi connectivity index (χ2v) is 2.25. The quantitative estimate of drug-likeness (QED) is 0.377. The number of aliphatic hydroxyl groups is 1. The smallest absolute Gasteiger partial charge is 0.377 e. The molecule has 0 saturated heterocycles. The van der Waals surface area contributed by atoms with Crippen molar-refractivity contribution in [1.29, 1.82) is 0 Å². The lowest BCUT2D eigenvalue weighted by Crippen LogP contribution is -2.44. The fourth-order valence-corrected chi connectivity index (χ4v) is 0.598. The minimum absolute atomic E-state index is 0.857. The zero-order chi connectivity index (χ0) is 10.6. The molecular weight excluding hydrogens is 184 g/mol. The van der Waals surface area contributed by atoms with Gasteiger partial charge in [-0.2, -0.15) is 0 Å². The second-order valence-electron chi connectivity index (χ2n) is 2.25. The third kappa shape index (κ3) is 3.52. The van der Waals surface area contributed by atoms with E-state index in [4.69, 9.17) is 15.3 Å². The molecule has 0 saturated carbocycles. The number of rotatable bonds is 4. The predicted molar refractivity (Wildman–Crippen MR) is 36.6 cm³/mol. The van der Waals surface area contributed by atoms with Crippen molar-refractivity contribution in [3.05, 3.63) is 0 Å². The van der Waals surface area contributed by atoms with E-state index in [1.54, 1.807) is 0 Å². The van der Waals surface area contributed by atoms with E-state index in [0.29, 0.717) is 0 Å². The molecule has 0 aliphatic carbocycles. The summed E-state index contributed by atoms with van der Waals surface area (Å²) in [5.74, 6) is -7.58. The number of ether oxygens (including phenoxy) is 1. The largest absolute Gasteiger partial charge is 0.481 e. The molecule has 1 atom stereocenters. The van der Waals surface area contributed by atoms with E-state index < -0.39 is 30.1 Å². The van der Waals surface area contributed by atoms with Crippen molar-refractivity contribution in [3.63, 3.8) is 0 Å². The van der Waals surface area contributed by atoms with Crippen LogP contribution >= 0.6 is 0 Å². The standard InChI is InChI=1S/C6H8O7/c1-3(7)13-6(12,5(10)11)2-4(8)9/h12H,2H2,1H3,(H,8,9)(H,10,11). The summed E-state index contributed by atoms with van der Waals surface area (Å²) in [6, 6.07) is 0. The molecule has 0 aromatic heterocycles. The van der Waals surface area contributed by atoms with Crippen LogP contribution in [-0.4, -0.2) is 39.0 Å². The summed E-state index contributed by atoms with van der Waals surface area (Å²) in [7, 11) is 0. The molecule has 0 rings (SSSR count). The first-order valence-corrected chi connectivity index (χ1v) is 3.15.